The molecule has 0 bridgehead atoms. The summed E-state index contributed by atoms with van der Waals surface area (Å²) in [5, 5.41) is 12.4. The van der Waals surface area contributed by atoms with E-state index in [1.54, 1.807) is 0 Å². The van der Waals surface area contributed by atoms with Gasteiger partial charge in [-0.25, -0.2) is 0 Å². The minimum Gasteiger partial charge on any atom is -0.347 e. The Morgan fingerprint density at radius 1 is 1.33 bits per heavy atom. The molecule has 1 aromatic carbocycles. The van der Waals surface area contributed by atoms with E-state index in [2.05, 4.69) is 20.7 Å². The van der Waals surface area contributed by atoms with E-state index in [1.165, 1.54) is 6.20 Å². The summed E-state index contributed by atoms with van der Waals surface area (Å²) in [6.45, 7) is 0.493. The molecule has 5 nitrogen and oxygen atoms in total. The van der Waals surface area contributed by atoms with Crippen molar-refractivity contribution < 1.29 is 4.79 Å². The summed E-state index contributed by atoms with van der Waals surface area (Å²) in [7, 11) is 0. The molecule has 15 heavy (non-hydrogen) atoms. The van der Waals surface area contributed by atoms with Gasteiger partial charge in [0.1, 0.15) is 0 Å². The summed E-state index contributed by atoms with van der Waals surface area (Å²) in [4.78, 5) is 11.4. The fourth-order valence-corrected chi connectivity index (χ4v) is 1.18. The molecular weight excluding hydrogens is 192 g/mol. The standard InChI is InChI=1S/C10H10N4O/c15-10(9-7-12-14-13-9)11-6-8-4-2-1-3-5-8/h1-5,7H,6H2,(H,11,15)(H,12,13,14). The van der Waals surface area contributed by atoms with Crippen molar-refractivity contribution >= 4 is 5.91 Å². The van der Waals surface area contributed by atoms with Gasteiger partial charge in [0.2, 0.25) is 0 Å². The molecule has 0 unspecified atom stereocenters. The zero-order valence-corrected chi connectivity index (χ0v) is 7.97. The lowest BCUT2D eigenvalue weighted by atomic mass is 10.2. The second-order valence-electron chi connectivity index (χ2n) is 3.02. The van der Waals surface area contributed by atoms with Gasteiger partial charge in [-0.3, -0.25) is 4.79 Å². The van der Waals surface area contributed by atoms with Crippen LogP contribution in [-0.4, -0.2) is 21.3 Å². The number of rotatable bonds is 3. The second-order valence-corrected chi connectivity index (χ2v) is 3.02. The molecule has 0 aliphatic carbocycles. The molecule has 0 atom stereocenters. The van der Waals surface area contributed by atoms with Gasteiger partial charge in [-0.05, 0) is 5.56 Å². The summed E-state index contributed by atoms with van der Waals surface area (Å²) in [6, 6.07) is 9.68. The number of carbonyl (C=O) groups excluding carboxylic acids is 1. The van der Waals surface area contributed by atoms with Crippen LogP contribution in [0.1, 0.15) is 16.1 Å². The Balaban J connectivity index is 1.92. The van der Waals surface area contributed by atoms with E-state index in [0.717, 1.165) is 5.56 Å². The van der Waals surface area contributed by atoms with Gasteiger partial charge in [0.05, 0.1) is 6.20 Å². The van der Waals surface area contributed by atoms with Crippen LogP contribution in [0, 0.1) is 0 Å². The first-order chi connectivity index (χ1) is 7.36. The fourth-order valence-electron chi connectivity index (χ4n) is 1.18. The molecule has 0 saturated heterocycles. The normalized spacial score (nSPS) is 9.87. The van der Waals surface area contributed by atoms with Crippen LogP contribution in [0.15, 0.2) is 36.5 Å². The SMILES string of the molecule is O=C(NCc1ccccc1)c1cn[nH]n1. The first-order valence-corrected chi connectivity index (χ1v) is 4.54. The average molecular weight is 202 g/mol. The van der Waals surface area contributed by atoms with Crippen LogP contribution in [0.4, 0.5) is 0 Å². The Kier molecular flexibility index (Phi) is 2.73. The quantitative estimate of drug-likeness (QED) is 0.771. The molecule has 0 aliphatic rings. The zero-order valence-electron chi connectivity index (χ0n) is 7.97. The van der Waals surface area contributed by atoms with E-state index < -0.39 is 0 Å². The molecule has 2 rings (SSSR count). The zero-order chi connectivity index (χ0) is 10.5. The van der Waals surface area contributed by atoms with Gasteiger partial charge in [-0.15, -0.1) is 0 Å². The number of carbonyl (C=O) groups is 1. The lowest BCUT2D eigenvalue weighted by Crippen LogP contribution is -2.23. The van der Waals surface area contributed by atoms with E-state index in [1.807, 2.05) is 30.3 Å². The van der Waals surface area contributed by atoms with Gasteiger partial charge in [0.15, 0.2) is 5.69 Å². The molecular formula is C10H10N4O. The summed E-state index contributed by atoms with van der Waals surface area (Å²) in [5.41, 5.74) is 1.35. The van der Waals surface area contributed by atoms with E-state index in [4.69, 9.17) is 0 Å². The van der Waals surface area contributed by atoms with Crippen LogP contribution in [0.5, 0.6) is 0 Å². The van der Waals surface area contributed by atoms with Crippen LogP contribution in [0.2, 0.25) is 0 Å². The third-order valence-electron chi connectivity index (χ3n) is 1.94. The number of H-pyrrole nitrogens is 1. The molecule has 2 aromatic rings. The van der Waals surface area contributed by atoms with Gasteiger partial charge < -0.3 is 5.32 Å². The molecule has 1 aromatic heterocycles. The van der Waals surface area contributed by atoms with Crippen molar-refractivity contribution in [3.05, 3.63) is 47.8 Å². The van der Waals surface area contributed by atoms with Crippen LogP contribution in [-0.2, 0) is 6.54 Å². The molecule has 0 radical (unpaired) electrons. The van der Waals surface area contributed by atoms with Crippen molar-refractivity contribution in [2.75, 3.05) is 0 Å². The van der Waals surface area contributed by atoms with Gasteiger partial charge in [0, 0.05) is 6.54 Å². The van der Waals surface area contributed by atoms with E-state index in [0.29, 0.717) is 12.2 Å². The van der Waals surface area contributed by atoms with Crippen molar-refractivity contribution in [1.82, 2.24) is 20.7 Å². The van der Waals surface area contributed by atoms with E-state index in [-0.39, 0.29) is 5.91 Å². The Bertz CT molecular complexity index is 424. The minimum atomic E-state index is -0.229. The van der Waals surface area contributed by atoms with Crippen molar-refractivity contribution in [2.24, 2.45) is 0 Å². The number of aromatic nitrogens is 3. The van der Waals surface area contributed by atoms with Gasteiger partial charge >= 0.3 is 0 Å². The topological polar surface area (TPSA) is 70.7 Å². The third-order valence-corrected chi connectivity index (χ3v) is 1.94. The van der Waals surface area contributed by atoms with E-state index >= 15 is 0 Å². The maximum atomic E-state index is 11.4. The first-order valence-electron chi connectivity index (χ1n) is 4.54. The summed E-state index contributed by atoms with van der Waals surface area (Å²) in [5.74, 6) is -0.229. The highest BCUT2D eigenvalue weighted by Crippen LogP contribution is 1.98. The maximum absolute atomic E-state index is 11.4. The predicted octanol–water partition coefficient (Wildman–Crippen LogP) is 0.735. The predicted molar refractivity (Wildman–Crippen MR) is 54.0 cm³/mol. The number of nitrogens with one attached hydrogen (secondary N) is 2. The number of aromatic amines is 1. The minimum absolute atomic E-state index is 0.229. The van der Waals surface area contributed by atoms with Gasteiger partial charge in [-0.2, -0.15) is 15.4 Å². The van der Waals surface area contributed by atoms with Gasteiger partial charge in [-0.1, -0.05) is 30.3 Å². The molecule has 0 fully saturated rings. The molecule has 76 valence electrons. The van der Waals surface area contributed by atoms with Crippen molar-refractivity contribution in [3.8, 4) is 0 Å². The Hall–Kier alpha value is -2.17. The highest BCUT2D eigenvalue weighted by Gasteiger charge is 2.06. The summed E-state index contributed by atoms with van der Waals surface area (Å²) in [6.07, 6.45) is 1.39. The molecule has 0 aliphatic heterocycles. The highest BCUT2D eigenvalue weighted by atomic mass is 16.1. The lowest BCUT2D eigenvalue weighted by Gasteiger charge is -2.02. The lowest BCUT2D eigenvalue weighted by molar-refractivity contribution is 0.0946. The number of benzene rings is 1. The number of hydrogen-bond acceptors (Lipinski definition) is 3. The summed E-state index contributed by atoms with van der Waals surface area (Å²) >= 11 is 0. The summed E-state index contributed by atoms with van der Waals surface area (Å²) < 4.78 is 0. The number of nitrogens with zero attached hydrogens (tertiary/aromatic N) is 2. The number of hydrogen-bond donors (Lipinski definition) is 2. The largest absolute Gasteiger partial charge is 0.347 e. The highest BCUT2D eigenvalue weighted by molar-refractivity contribution is 5.91. The van der Waals surface area contributed by atoms with Gasteiger partial charge in [0.25, 0.3) is 5.91 Å². The molecule has 2 N–H and O–H groups in total. The Morgan fingerprint density at radius 3 is 2.80 bits per heavy atom. The fraction of sp³-hybridized carbons (Fsp3) is 0.100. The van der Waals surface area contributed by atoms with Crippen LogP contribution < -0.4 is 5.32 Å². The Labute approximate surface area is 86.5 Å². The smallest absolute Gasteiger partial charge is 0.273 e. The maximum Gasteiger partial charge on any atom is 0.273 e. The Morgan fingerprint density at radius 2 is 2.13 bits per heavy atom. The first kappa shape index (κ1) is 9.39. The molecule has 1 amide bonds. The van der Waals surface area contributed by atoms with Crippen molar-refractivity contribution in [3.63, 3.8) is 0 Å². The molecule has 0 spiro atoms. The van der Waals surface area contributed by atoms with Crippen molar-refractivity contribution in [2.45, 2.75) is 6.54 Å². The van der Waals surface area contributed by atoms with Crippen LogP contribution in [0.3, 0.4) is 0 Å². The van der Waals surface area contributed by atoms with Crippen LogP contribution in [0.25, 0.3) is 0 Å². The molecule has 1 heterocycles. The monoisotopic (exact) mass is 202 g/mol. The second kappa shape index (κ2) is 4.36. The average Bonchev–Trinajstić information content (AvgIpc) is 2.81. The molecule has 5 heteroatoms. The molecule has 0 saturated carbocycles. The van der Waals surface area contributed by atoms with E-state index in [9.17, 15) is 4.79 Å². The van der Waals surface area contributed by atoms with Crippen molar-refractivity contribution in [1.29, 1.82) is 0 Å². The number of amides is 1. The third kappa shape index (κ3) is 2.40. The van der Waals surface area contributed by atoms with Crippen LogP contribution >= 0.6 is 0 Å².